The van der Waals surface area contributed by atoms with Gasteiger partial charge in [0.05, 0.1) is 4.92 Å². The first kappa shape index (κ1) is 17.1. The zero-order chi connectivity index (χ0) is 17.0. The number of nitrogens with zero attached hydrogens (tertiary/aromatic N) is 1. The van der Waals surface area contributed by atoms with E-state index in [1.165, 1.54) is 12.1 Å². The molecule has 2 rings (SSSR count). The third kappa shape index (κ3) is 4.14. The van der Waals surface area contributed by atoms with Gasteiger partial charge in [0.1, 0.15) is 0 Å². The topological polar surface area (TPSA) is 124 Å². The van der Waals surface area contributed by atoms with E-state index >= 15 is 0 Å². The highest BCUT2D eigenvalue weighted by molar-refractivity contribution is 7.87. The first-order valence-corrected chi connectivity index (χ1v) is 8.29. The number of para-hydroxylation sites is 1. The van der Waals surface area contributed by atoms with Gasteiger partial charge in [0.25, 0.3) is 5.69 Å². The Kier molecular flexibility index (Phi) is 5.12. The van der Waals surface area contributed by atoms with E-state index in [9.17, 15) is 28.4 Å². The predicted molar refractivity (Wildman–Crippen MR) is 79.3 cm³/mol. The number of nitro groups is 1. The zero-order valence-electron chi connectivity index (χ0n) is 12.0. The molecule has 1 atom stereocenters. The van der Waals surface area contributed by atoms with Gasteiger partial charge in [0.15, 0.2) is 11.0 Å². The highest BCUT2D eigenvalue weighted by atomic mass is 32.2. The van der Waals surface area contributed by atoms with Crippen molar-refractivity contribution in [3.05, 3.63) is 46.0 Å². The Morgan fingerprint density at radius 2 is 2.09 bits per heavy atom. The summed E-state index contributed by atoms with van der Waals surface area (Å²) in [5.74, 6) is -1.43. The molecule has 1 N–H and O–H groups in total. The second-order valence-corrected chi connectivity index (χ2v) is 6.60. The zero-order valence-corrected chi connectivity index (χ0v) is 12.9. The Morgan fingerprint density at radius 1 is 1.39 bits per heavy atom. The number of benzene rings is 1. The molecular weight excluding hydrogens is 326 g/mol. The number of carbonyl (C=O) groups is 1. The van der Waals surface area contributed by atoms with Gasteiger partial charge >= 0.3 is 16.1 Å². The Morgan fingerprint density at radius 3 is 2.65 bits per heavy atom. The first-order valence-electron chi connectivity index (χ1n) is 6.88. The summed E-state index contributed by atoms with van der Waals surface area (Å²) in [4.78, 5) is 20.7. The second-order valence-electron chi connectivity index (χ2n) is 5.06. The number of nitro benzene ring substituents is 1. The summed E-state index contributed by atoms with van der Waals surface area (Å²) in [5.41, 5.74) is 0.159. The fraction of sp³-hybridized carbons (Fsp3) is 0.357. The van der Waals surface area contributed by atoms with Crippen molar-refractivity contribution in [3.63, 3.8) is 0 Å². The monoisotopic (exact) mass is 341 g/mol. The van der Waals surface area contributed by atoms with Crippen molar-refractivity contribution in [3.8, 4) is 0 Å². The van der Waals surface area contributed by atoms with Gasteiger partial charge in [-0.1, -0.05) is 23.8 Å². The van der Waals surface area contributed by atoms with Crippen LogP contribution in [0.2, 0.25) is 0 Å². The molecule has 124 valence electrons. The number of rotatable bonds is 7. The molecule has 23 heavy (non-hydrogen) atoms. The molecule has 1 aromatic carbocycles. The largest absolute Gasteiger partial charge is 0.479 e. The van der Waals surface area contributed by atoms with Crippen molar-refractivity contribution in [1.82, 2.24) is 0 Å². The van der Waals surface area contributed by atoms with Gasteiger partial charge in [-0.05, 0) is 25.3 Å². The summed E-state index contributed by atoms with van der Waals surface area (Å²) in [5, 5.41) is 20.1. The van der Waals surface area contributed by atoms with Gasteiger partial charge in [-0.25, -0.2) is 4.79 Å². The van der Waals surface area contributed by atoms with Crippen molar-refractivity contribution in [1.29, 1.82) is 0 Å². The number of carboxylic acid groups (broad SMARTS) is 1. The quantitative estimate of drug-likeness (QED) is 0.349. The molecule has 0 aromatic heterocycles. The fourth-order valence-corrected chi connectivity index (χ4v) is 3.55. The van der Waals surface area contributed by atoms with E-state index < -0.39 is 37.7 Å². The molecule has 0 saturated carbocycles. The normalized spacial score (nSPS) is 15.9. The molecule has 0 amide bonds. The number of hydrogen-bond donors (Lipinski definition) is 1. The SMILES string of the molecule is O=C(O)C(CC1=CCCC1)OS(=O)(=O)c1ccccc1[N+](=O)[O-]. The lowest BCUT2D eigenvalue weighted by atomic mass is 10.1. The molecule has 0 bridgehead atoms. The Labute approximate surface area is 132 Å². The Hall–Kier alpha value is -2.26. The lowest BCUT2D eigenvalue weighted by molar-refractivity contribution is -0.387. The number of hydrogen-bond acceptors (Lipinski definition) is 6. The first-order chi connectivity index (χ1) is 10.8. The van der Waals surface area contributed by atoms with Gasteiger partial charge in [0, 0.05) is 12.5 Å². The van der Waals surface area contributed by atoms with Crippen LogP contribution in [0.4, 0.5) is 5.69 Å². The van der Waals surface area contributed by atoms with Crippen LogP contribution in [0.3, 0.4) is 0 Å². The second kappa shape index (κ2) is 6.88. The maximum atomic E-state index is 12.2. The van der Waals surface area contributed by atoms with Crippen molar-refractivity contribution < 1.29 is 27.4 Å². The van der Waals surface area contributed by atoms with Crippen LogP contribution >= 0.6 is 0 Å². The van der Waals surface area contributed by atoms with E-state index in [4.69, 9.17) is 4.18 Å². The van der Waals surface area contributed by atoms with E-state index in [1.54, 1.807) is 0 Å². The van der Waals surface area contributed by atoms with Crippen LogP contribution in [-0.4, -0.2) is 30.5 Å². The van der Waals surface area contributed by atoms with Crippen molar-refractivity contribution in [2.75, 3.05) is 0 Å². The van der Waals surface area contributed by atoms with Gasteiger partial charge in [-0.2, -0.15) is 8.42 Å². The number of allylic oxidation sites excluding steroid dienone is 1. The summed E-state index contributed by atoms with van der Waals surface area (Å²) in [6.07, 6.45) is 2.59. The summed E-state index contributed by atoms with van der Waals surface area (Å²) >= 11 is 0. The molecule has 1 unspecified atom stereocenters. The van der Waals surface area contributed by atoms with E-state index in [2.05, 4.69) is 0 Å². The van der Waals surface area contributed by atoms with Crippen LogP contribution in [0.25, 0.3) is 0 Å². The van der Waals surface area contributed by atoms with Gasteiger partial charge in [-0.3, -0.25) is 14.3 Å². The lowest BCUT2D eigenvalue weighted by Crippen LogP contribution is -2.28. The summed E-state index contributed by atoms with van der Waals surface area (Å²) in [6.45, 7) is 0. The summed E-state index contributed by atoms with van der Waals surface area (Å²) < 4.78 is 29.2. The van der Waals surface area contributed by atoms with E-state index in [0.29, 0.717) is 6.42 Å². The standard InChI is InChI=1S/C14H15NO7S/c16-14(17)12(9-10-5-1-2-6-10)22-23(20,21)13-8-4-3-7-11(13)15(18)19/h3-5,7-8,12H,1-2,6,9H2,(H,16,17). The molecule has 0 fully saturated rings. The van der Waals surface area contributed by atoms with Crippen LogP contribution in [-0.2, 0) is 19.1 Å². The molecule has 9 heteroatoms. The van der Waals surface area contributed by atoms with Gasteiger partial charge in [-0.15, -0.1) is 0 Å². The molecular formula is C14H15NO7S. The van der Waals surface area contributed by atoms with Crippen LogP contribution in [0.15, 0.2) is 40.8 Å². The molecule has 8 nitrogen and oxygen atoms in total. The average molecular weight is 341 g/mol. The Balaban J connectivity index is 2.28. The number of carboxylic acids is 1. The minimum absolute atomic E-state index is 0.0603. The minimum Gasteiger partial charge on any atom is -0.479 e. The van der Waals surface area contributed by atoms with Crippen LogP contribution in [0.1, 0.15) is 25.7 Å². The van der Waals surface area contributed by atoms with Crippen molar-refractivity contribution in [2.45, 2.75) is 36.7 Å². The maximum absolute atomic E-state index is 12.2. The fourth-order valence-electron chi connectivity index (χ4n) is 2.35. The number of aliphatic carboxylic acids is 1. The van der Waals surface area contributed by atoms with E-state index in [-0.39, 0.29) is 6.42 Å². The van der Waals surface area contributed by atoms with Gasteiger partial charge in [0.2, 0.25) is 0 Å². The molecule has 0 saturated heterocycles. The smallest absolute Gasteiger partial charge is 0.334 e. The van der Waals surface area contributed by atoms with E-state index in [0.717, 1.165) is 30.5 Å². The molecule has 1 aliphatic carbocycles. The third-order valence-corrected chi connectivity index (χ3v) is 4.80. The molecule has 1 aliphatic rings. The van der Waals surface area contributed by atoms with E-state index in [1.807, 2.05) is 6.08 Å². The molecule has 0 radical (unpaired) electrons. The van der Waals surface area contributed by atoms with Crippen molar-refractivity contribution >= 4 is 21.8 Å². The molecule has 0 spiro atoms. The Bertz CT molecular complexity index is 754. The summed E-state index contributed by atoms with van der Waals surface area (Å²) in [7, 11) is -4.57. The third-order valence-electron chi connectivity index (χ3n) is 3.43. The highest BCUT2D eigenvalue weighted by Crippen LogP contribution is 2.28. The summed E-state index contributed by atoms with van der Waals surface area (Å²) in [6, 6.07) is 4.65. The minimum atomic E-state index is -4.57. The van der Waals surface area contributed by atoms with Crippen LogP contribution < -0.4 is 0 Å². The van der Waals surface area contributed by atoms with Gasteiger partial charge < -0.3 is 5.11 Å². The molecule has 0 aliphatic heterocycles. The van der Waals surface area contributed by atoms with Crippen molar-refractivity contribution in [2.24, 2.45) is 0 Å². The lowest BCUT2D eigenvalue weighted by Gasteiger charge is -2.14. The molecule has 0 heterocycles. The molecule has 1 aromatic rings. The highest BCUT2D eigenvalue weighted by Gasteiger charge is 2.32. The predicted octanol–water partition coefficient (Wildman–Crippen LogP) is 2.25. The van der Waals surface area contributed by atoms with Crippen LogP contribution in [0.5, 0.6) is 0 Å². The maximum Gasteiger partial charge on any atom is 0.334 e. The van der Waals surface area contributed by atoms with Crippen LogP contribution in [0, 0.1) is 10.1 Å². The average Bonchev–Trinajstić information content (AvgIpc) is 2.99.